The molecule has 7 heteroatoms. The summed E-state index contributed by atoms with van der Waals surface area (Å²) in [5, 5.41) is 12.0. The lowest BCUT2D eigenvalue weighted by molar-refractivity contribution is -0.116. The van der Waals surface area contributed by atoms with Crippen LogP contribution in [0.2, 0.25) is 0 Å². The Kier molecular flexibility index (Phi) is 5.24. The normalized spacial score (nSPS) is 10.4. The van der Waals surface area contributed by atoms with Gasteiger partial charge in [0, 0.05) is 18.0 Å². The molecular formula is C16H19N5O2. The second kappa shape index (κ2) is 7.35. The summed E-state index contributed by atoms with van der Waals surface area (Å²) >= 11 is 0. The Balaban J connectivity index is 1.96. The monoisotopic (exact) mass is 313 g/mol. The van der Waals surface area contributed by atoms with Gasteiger partial charge in [0.05, 0.1) is 0 Å². The number of carbonyl (C=O) groups excluding carboxylic acids is 2. The van der Waals surface area contributed by atoms with Crippen LogP contribution in [-0.4, -0.2) is 27.0 Å². The van der Waals surface area contributed by atoms with E-state index in [4.69, 9.17) is 0 Å². The van der Waals surface area contributed by atoms with Crippen LogP contribution >= 0.6 is 0 Å². The zero-order valence-electron chi connectivity index (χ0n) is 13.1. The third-order valence-electron chi connectivity index (χ3n) is 3.14. The number of aromatic nitrogens is 3. The van der Waals surface area contributed by atoms with Crippen molar-refractivity contribution in [1.82, 2.24) is 20.5 Å². The molecule has 0 unspecified atom stereocenters. The van der Waals surface area contributed by atoms with Gasteiger partial charge in [-0.05, 0) is 23.8 Å². The molecule has 7 nitrogen and oxygen atoms in total. The minimum absolute atomic E-state index is 0.207. The molecule has 3 N–H and O–H groups in total. The lowest BCUT2D eigenvalue weighted by Crippen LogP contribution is -2.20. The lowest BCUT2D eigenvalue weighted by Gasteiger charge is -2.05. The van der Waals surface area contributed by atoms with Gasteiger partial charge >= 0.3 is 0 Å². The smallest absolute Gasteiger partial charge is 0.258 e. The number of benzene rings is 1. The molecule has 0 bridgehead atoms. The Morgan fingerprint density at radius 3 is 2.57 bits per heavy atom. The summed E-state index contributed by atoms with van der Waals surface area (Å²) < 4.78 is 0. The van der Waals surface area contributed by atoms with Crippen LogP contribution in [0.3, 0.4) is 0 Å². The molecule has 23 heavy (non-hydrogen) atoms. The van der Waals surface area contributed by atoms with Crippen LogP contribution in [0, 0.1) is 0 Å². The Morgan fingerprint density at radius 1 is 1.30 bits per heavy atom. The van der Waals surface area contributed by atoms with Crippen molar-refractivity contribution in [3.63, 3.8) is 0 Å². The van der Waals surface area contributed by atoms with Gasteiger partial charge in [0.25, 0.3) is 5.91 Å². The number of hydrogen-bond acceptors (Lipinski definition) is 4. The van der Waals surface area contributed by atoms with Crippen LogP contribution in [0.15, 0.2) is 36.9 Å². The third-order valence-corrected chi connectivity index (χ3v) is 3.14. The molecule has 1 aromatic carbocycles. The van der Waals surface area contributed by atoms with Gasteiger partial charge < -0.3 is 5.32 Å². The van der Waals surface area contributed by atoms with Crippen LogP contribution < -0.4 is 10.6 Å². The molecule has 0 spiro atoms. The summed E-state index contributed by atoms with van der Waals surface area (Å²) in [7, 11) is 0. The van der Waals surface area contributed by atoms with Crippen LogP contribution in [0.1, 0.15) is 41.5 Å². The molecule has 0 saturated carbocycles. The molecule has 0 aliphatic carbocycles. The maximum Gasteiger partial charge on any atom is 0.258 e. The minimum Gasteiger partial charge on any atom is -0.348 e. The number of aromatic amines is 1. The number of H-pyrrole nitrogens is 1. The van der Waals surface area contributed by atoms with E-state index in [0.717, 1.165) is 5.56 Å². The van der Waals surface area contributed by atoms with Gasteiger partial charge in [0.15, 0.2) is 0 Å². The van der Waals surface area contributed by atoms with Gasteiger partial charge in [-0.1, -0.05) is 32.6 Å². The van der Waals surface area contributed by atoms with Gasteiger partial charge in [-0.3, -0.25) is 20.0 Å². The molecule has 2 rings (SSSR count). The number of rotatable bonds is 6. The standard InChI is InChI=1S/C16H19N5O2/c1-4-13(22)17-9-11-5-7-12(8-6-11)15(23)19-16-18-14(10(2)3)20-21-16/h4-8,10H,1,9H2,2-3H3,(H,17,22)(H2,18,19,20,21,23). The van der Waals surface area contributed by atoms with E-state index in [9.17, 15) is 9.59 Å². The minimum atomic E-state index is -0.291. The molecule has 0 atom stereocenters. The fourth-order valence-electron chi connectivity index (χ4n) is 1.80. The van der Waals surface area contributed by atoms with E-state index in [2.05, 4.69) is 32.4 Å². The van der Waals surface area contributed by atoms with Gasteiger partial charge in [-0.15, -0.1) is 5.10 Å². The predicted molar refractivity (Wildman–Crippen MR) is 86.9 cm³/mol. The molecule has 120 valence electrons. The second-order valence-electron chi connectivity index (χ2n) is 5.27. The van der Waals surface area contributed by atoms with Crippen molar-refractivity contribution >= 4 is 17.8 Å². The molecule has 0 aliphatic rings. The first-order valence-electron chi connectivity index (χ1n) is 7.22. The number of carbonyl (C=O) groups is 2. The molecule has 0 fully saturated rings. The number of anilines is 1. The lowest BCUT2D eigenvalue weighted by atomic mass is 10.1. The Morgan fingerprint density at radius 2 is 2.00 bits per heavy atom. The summed E-state index contributed by atoms with van der Waals surface area (Å²) in [5.41, 5.74) is 1.37. The highest BCUT2D eigenvalue weighted by Gasteiger charge is 2.11. The second-order valence-corrected chi connectivity index (χ2v) is 5.27. The number of hydrogen-bond donors (Lipinski definition) is 3. The molecule has 2 aromatic rings. The summed E-state index contributed by atoms with van der Waals surface area (Å²) in [6, 6.07) is 6.91. The average Bonchev–Trinajstić information content (AvgIpc) is 3.01. The van der Waals surface area contributed by atoms with Crippen molar-refractivity contribution in [2.45, 2.75) is 26.3 Å². The van der Waals surface area contributed by atoms with Crippen molar-refractivity contribution in [3.8, 4) is 0 Å². The zero-order valence-corrected chi connectivity index (χ0v) is 13.1. The van der Waals surface area contributed by atoms with Crippen LogP contribution in [-0.2, 0) is 11.3 Å². The van der Waals surface area contributed by atoms with E-state index in [0.29, 0.717) is 17.9 Å². The summed E-state index contributed by atoms with van der Waals surface area (Å²) in [5.74, 6) is 0.645. The Hall–Kier alpha value is -2.96. The summed E-state index contributed by atoms with van der Waals surface area (Å²) in [6.07, 6.45) is 1.21. The number of nitrogens with one attached hydrogen (secondary N) is 3. The third kappa shape index (κ3) is 4.50. The number of amides is 2. The summed E-state index contributed by atoms with van der Waals surface area (Å²) in [6.45, 7) is 7.73. The van der Waals surface area contributed by atoms with Crippen molar-refractivity contribution in [3.05, 3.63) is 53.9 Å². The average molecular weight is 313 g/mol. The quantitative estimate of drug-likeness (QED) is 0.710. The van der Waals surface area contributed by atoms with E-state index in [1.54, 1.807) is 24.3 Å². The number of nitrogens with zero attached hydrogens (tertiary/aromatic N) is 2. The highest BCUT2D eigenvalue weighted by molar-refractivity contribution is 6.03. The molecule has 1 heterocycles. The maximum atomic E-state index is 12.1. The molecular weight excluding hydrogens is 294 g/mol. The fraction of sp³-hybridized carbons (Fsp3) is 0.250. The van der Waals surface area contributed by atoms with E-state index >= 15 is 0 Å². The first-order valence-corrected chi connectivity index (χ1v) is 7.22. The highest BCUT2D eigenvalue weighted by Crippen LogP contribution is 2.11. The molecule has 1 aromatic heterocycles. The van der Waals surface area contributed by atoms with E-state index in [-0.39, 0.29) is 23.7 Å². The molecule has 2 amide bonds. The van der Waals surface area contributed by atoms with Gasteiger partial charge in [-0.25, -0.2) is 0 Å². The maximum absolute atomic E-state index is 12.1. The van der Waals surface area contributed by atoms with Crippen LogP contribution in [0.4, 0.5) is 5.95 Å². The fourth-order valence-corrected chi connectivity index (χ4v) is 1.80. The van der Waals surface area contributed by atoms with Crippen molar-refractivity contribution < 1.29 is 9.59 Å². The summed E-state index contributed by atoms with van der Waals surface area (Å²) in [4.78, 5) is 27.4. The Labute approximate surface area is 134 Å². The van der Waals surface area contributed by atoms with Crippen molar-refractivity contribution in [2.24, 2.45) is 0 Å². The first kappa shape index (κ1) is 16.4. The van der Waals surface area contributed by atoms with E-state index < -0.39 is 0 Å². The largest absolute Gasteiger partial charge is 0.348 e. The van der Waals surface area contributed by atoms with Gasteiger partial charge in [0.1, 0.15) is 5.82 Å². The van der Waals surface area contributed by atoms with Gasteiger partial charge in [0.2, 0.25) is 11.9 Å². The van der Waals surface area contributed by atoms with Crippen molar-refractivity contribution in [2.75, 3.05) is 5.32 Å². The first-order chi connectivity index (χ1) is 11.0. The van der Waals surface area contributed by atoms with Gasteiger partial charge in [-0.2, -0.15) is 4.98 Å². The van der Waals surface area contributed by atoms with Crippen molar-refractivity contribution in [1.29, 1.82) is 0 Å². The zero-order chi connectivity index (χ0) is 16.8. The molecule has 0 aliphatic heterocycles. The SMILES string of the molecule is C=CC(=O)NCc1ccc(C(=O)Nc2n[nH]c(C(C)C)n2)cc1. The molecule has 0 saturated heterocycles. The van der Waals surface area contributed by atoms with E-state index in [1.807, 2.05) is 13.8 Å². The highest BCUT2D eigenvalue weighted by atomic mass is 16.2. The van der Waals surface area contributed by atoms with Crippen LogP contribution in [0.25, 0.3) is 0 Å². The predicted octanol–water partition coefficient (Wildman–Crippen LogP) is 1.98. The molecule has 0 radical (unpaired) electrons. The topological polar surface area (TPSA) is 99.8 Å². The van der Waals surface area contributed by atoms with Crippen LogP contribution in [0.5, 0.6) is 0 Å². The Bertz CT molecular complexity index is 704. The van der Waals surface area contributed by atoms with E-state index in [1.165, 1.54) is 6.08 Å².